The minimum Gasteiger partial charge on any atom is -0.352 e. The molecule has 1 aliphatic carbocycles. The number of carbonyl (C=O) groups is 1. The van der Waals surface area contributed by atoms with Crippen LogP contribution >= 0.6 is 0 Å². The fourth-order valence-corrected chi connectivity index (χ4v) is 2.41. The van der Waals surface area contributed by atoms with E-state index in [9.17, 15) is 4.79 Å². The van der Waals surface area contributed by atoms with Crippen molar-refractivity contribution in [2.75, 3.05) is 0 Å². The molecule has 0 bridgehead atoms. The van der Waals surface area contributed by atoms with E-state index in [0.717, 1.165) is 6.42 Å². The summed E-state index contributed by atoms with van der Waals surface area (Å²) in [4.78, 5) is 12.1. The summed E-state index contributed by atoms with van der Waals surface area (Å²) in [5.41, 5.74) is 5.42. The van der Waals surface area contributed by atoms with Crippen molar-refractivity contribution in [1.82, 2.24) is 5.32 Å². The first-order chi connectivity index (χ1) is 7.53. The third-order valence-electron chi connectivity index (χ3n) is 4.14. The molecular weight excluding hydrogens is 200 g/mol. The topological polar surface area (TPSA) is 55.1 Å². The second kappa shape index (κ2) is 5.67. The van der Waals surface area contributed by atoms with Crippen LogP contribution in [0, 0.1) is 5.92 Å². The molecule has 2 atom stereocenters. The molecule has 2 unspecified atom stereocenters. The molecular formula is C13H26N2O. The second-order valence-corrected chi connectivity index (χ2v) is 5.20. The highest BCUT2D eigenvalue weighted by molar-refractivity contribution is 5.86. The molecule has 3 N–H and O–H groups in total. The first kappa shape index (κ1) is 13.5. The van der Waals surface area contributed by atoms with E-state index in [1.807, 2.05) is 13.8 Å². The molecule has 0 aromatic rings. The normalized spacial score (nSPS) is 26.5. The first-order valence-electron chi connectivity index (χ1n) is 6.63. The maximum absolute atomic E-state index is 12.1. The SMILES string of the molecule is CCC(N)(CC)C(=O)NC1CCCCC1C. The van der Waals surface area contributed by atoms with Gasteiger partial charge in [0.15, 0.2) is 0 Å². The average molecular weight is 226 g/mol. The van der Waals surface area contributed by atoms with Gasteiger partial charge in [-0.25, -0.2) is 0 Å². The van der Waals surface area contributed by atoms with Crippen molar-refractivity contribution in [3.63, 3.8) is 0 Å². The molecule has 1 saturated carbocycles. The number of rotatable bonds is 4. The quantitative estimate of drug-likeness (QED) is 0.772. The van der Waals surface area contributed by atoms with Gasteiger partial charge in [0.2, 0.25) is 5.91 Å². The highest BCUT2D eigenvalue weighted by Gasteiger charge is 2.33. The summed E-state index contributed by atoms with van der Waals surface area (Å²) < 4.78 is 0. The molecule has 0 aliphatic heterocycles. The maximum atomic E-state index is 12.1. The van der Waals surface area contributed by atoms with Gasteiger partial charge in [0.1, 0.15) is 0 Å². The Balaban J connectivity index is 2.55. The predicted octanol–water partition coefficient (Wildman–Crippen LogP) is 2.20. The summed E-state index contributed by atoms with van der Waals surface area (Å²) in [6.07, 6.45) is 6.26. The second-order valence-electron chi connectivity index (χ2n) is 5.20. The van der Waals surface area contributed by atoms with Crippen LogP contribution in [0.4, 0.5) is 0 Å². The largest absolute Gasteiger partial charge is 0.352 e. The Morgan fingerprint density at radius 1 is 1.31 bits per heavy atom. The van der Waals surface area contributed by atoms with E-state index in [-0.39, 0.29) is 5.91 Å². The summed E-state index contributed by atoms with van der Waals surface area (Å²) in [6.45, 7) is 6.18. The van der Waals surface area contributed by atoms with Gasteiger partial charge in [0.25, 0.3) is 0 Å². The summed E-state index contributed by atoms with van der Waals surface area (Å²) in [5.74, 6) is 0.631. The smallest absolute Gasteiger partial charge is 0.240 e. The van der Waals surface area contributed by atoms with Gasteiger partial charge in [0, 0.05) is 6.04 Å². The van der Waals surface area contributed by atoms with Crippen LogP contribution in [-0.2, 0) is 4.79 Å². The van der Waals surface area contributed by atoms with Crippen molar-refractivity contribution in [1.29, 1.82) is 0 Å². The number of hydrogen-bond acceptors (Lipinski definition) is 2. The van der Waals surface area contributed by atoms with Crippen LogP contribution in [0.3, 0.4) is 0 Å². The molecule has 0 saturated heterocycles. The summed E-state index contributed by atoms with van der Waals surface area (Å²) in [5, 5.41) is 3.15. The van der Waals surface area contributed by atoms with Crippen LogP contribution in [0.15, 0.2) is 0 Å². The minimum atomic E-state index is -0.669. The fraction of sp³-hybridized carbons (Fsp3) is 0.923. The van der Waals surface area contributed by atoms with Crippen LogP contribution in [0.1, 0.15) is 59.3 Å². The number of carbonyl (C=O) groups excluding carboxylic acids is 1. The molecule has 0 aromatic heterocycles. The van der Waals surface area contributed by atoms with Gasteiger partial charge in [0.05, 0.1) is 5.54 Å². The van der Waals surface area contributed by atoms with E-state index in [2.05, 4.69) is 12.2 Å². The molecule has 3 nitrogen and oxygen atoms in total. The Morgan fingerprint density at radius 2 is 1.88 bits per heavy atom. The number of nitrogens with two attached hydrogens (primary N) is 1. The lowest BCUT2D eigenvalue weighted by Crippen LogP contribution is -2.56. The average Bonchev–Trinajstić information content (AvgIpc) is 2.31. The molecule has 0 aromatic carbocycles. The maximum Gasteiger partial charge on any atom is 0.240 e. The Hall–Kier alpha value is -0.570. The monoisotopic (exact) mass is 226 g/mol. The number of nitrogens with one attached hydrogen (secondary N) is 1. The van der Waals surface area contributed by atoms with E-state index < -0.39 is 5.54 Å². The first-order valence-corrected chi connectivity index (χ1v) is 6.63. The van der Waals surface area contributed by atoms with Crippen molar-refractivity contribution in [3.05, 3.63) is 0 Å². The van der Waals surface area contributed by atoms with Gasteiger partial charge in [-0.15, -0.1) is 0 Å². The van der Waals surface area contributed by atoms with Crippen LogP contribution < -0.4 is 11.1 Å². The lowest BCUT2D eigenvalue weighted by molar-refractivity contribution is -0.128. The molecule has 94 valence electrons. The lowest BCUT2D eigenvalue weighted by Gasteiger charge is -2.33. The van der Waals surface area contributed by atoms with Gasteiger partial charge in [-0.1, -0.05) is 33.6 Å². The van der Waals surface area contributed by atoms with E-state index in [0.29, 0.717) is 24.8 Å². The lowest BCUT2D eigenvalue weighted by atomic mass is 9.84. The molecule has 1 fully saturated rings. The van der Waals surface area contributed by atoms with Gasteiger partial charge in [-0.3, -0.25) is 4.79 Å². The molecule has 1 amide bonds. The Morgan fingerprint density at radius 3 is 2.38 bits per heavy atom. The minimum absolute atomic E-state index is 0.0382. The number of hydrogen-bond donors (Lipinski definition) is 2. The van der Waals surface area contributed by atoms with Gasteiger partial charge in [-0.05, 0) is 31.6 Å². The van der Waals surface area contributed by atoms with Crippen molar-refractivity contribution >= 4 is 5.91 Å². The Bertz CT molecular complexity index is 236. The van der Waals surface area contributed by atoms with Crippen LogP contribution in [0.25, 0.3) is 0 Å². The predicted molar refractivity (Wildman–Crippen MR) is 67.1 cm³/mol. The Labute approximate surface area is 99.2 Å². The summed E-state index contributed by atoms with van der Waals surface area (Å²) >= 11 is 0. The van der Waals surface area contributed by atoms with Crippen LogP contribution in [0.5, 0.6) is 0 Å². The highest BCUT2D eigenvalue weighted by atomic mass is 16.2. The third kappa shape index (κ3) is 2.97. The van der Waals surface area contributed by atoms with Crippen LogP contribution in [0.2, 0.25) is 0 Å². The molecule has 16 heavy (non-hydrogen) atoms. The zero-order chi connectivity index (χ0) is 12.2. The Kier molecular flexibility index (Phi) is 4.78. The molecule has 0 spiro atoms. The van der Waals surface area contributed by atoms with Crippen LogP contribution in [-0.4, -0.2) is 17.5 Å². The van der Waals surface area contributed by atoms with E-state index in [4.69, 9.17) is 5.73 Å². The third-order valence-corrected chi connectivity index (χ3v) is 4.14. The standard InChI is InChI=1S/C13H26N2O/c1-4-13(14,5-2)12(16)15-11-9-7-6-8-10(11)3/h10-11H,4-9,14H2,1-3H3,(H,15,16). The number of amides is 1. The van der Waals surface area contributed by atoms with Crippen molar-refractivity contribution < 1.29 is 4.79 Å². The van der Waals surface area contributed by atoms with E-state index in [1.165, 1.54) is 19.3 Å². The summed E-state index contributed by atoms with van der Waals surface area (Å²) in [6, 6.07) is 0.335. The van der Waals surface area contributed by atoms with Crippen molar-refractivity contribution in [3.8, 4) is 0 Å². The van der Waals surface area contributed by atoms with Gasteiger partial charge < -0.3 is 11.1 Å². The summed E-state index contributed by atoms with van der Waals surface area (Å²) in [7, 11) is 0. The molecule has 1 rings (SSSR count). The molecule has 0 heterocycles. The van der Waals surface area contributed by atoms with Gasteiger partial charge >= 0.3 is 0 Å². The fourth-order valence-electron chi connectivity index (χ4n) is 2.41. The van der Waals surface area contributed by atoms with Crippen molar-refractivity contribution in [2.24, 2.45) is 11.7 Å². The molecule has 1 aliphatic rings. The zero-order valence-electron chi connectivity index (χ0n) is 10.9. The zero-order valence-corrected chi connectivity index (χ0v) is 10.9. The van der Waals surface area contributed by atoms with Crippen molar-refractivity contribution in [2.45, 2.75) is 70.9 Å². The highest BCUT2D eigenvalue weighted by Crippen LogP contribution is 2.24. The van der Waals surface area contributed by atoms with E-state index >= 15 is 0 Å². The van der Waals surface area contributed by atoms with Gasteiger partial charge in [-0.2, -0.15) is 0 Å². The molecule has 0 radical (unpaired) electrons. The van der Waals surface area contributed by atoms with E-state index in [1.54, 1.807) is 0 Å². The molecule has 3 heteroatoms.